The summed E-state index contributed by atoms with van der Waals surface area (Å²) in [5.41, 5.74) is 1.26. The molecular weight excluding hydrogens is 456 g/mol. The second-order valence-corrected chi connectivity index (χ2v) is 9.26. The number of Topliss-reactive ketones (excluding diaryl/α,β-unsaturated/α-hetero) is 1. The zero-order valence-corrected chi connectivity index (χ0v) is 18.1. The molecule has 0 spiro atoms. The van der Waals surface area contributed by atoms with E-state index in [1.165, 1.54) is 23.1 Å². The SMILES string of the molecule is Cc1cc2c(=O)n(-c3ccccc3)c(SCC(=O)c3ccc(Br)cc3)nc2s1. The Balaban J connectivity index is 1.74. The number of nitrogens with zero attached hydrogens (tertiary/aromatic N) is 2. The van der Waals surface area contributed by atoms with Gasteiger partial charge in [0.05, 0.1) is 16.8 Å². The topological polar surface area (TPSA) is 52.0 Å². The molecule has 0 radical (unpaired) electrons. The number of aromatic nitrogens is 2. The number of ketones is 1. The van der Waals surface area contributed by atoms with E-state index < -0.39 is 0 Å². The fourth-order valence-electron chi connectivity index (χ4n) is 2.83. The smallest absolute Gasteiger partial charge is 0.267 e. The monoisotopic (exact) mass is 470 g/mol. The molecule has 0 atom stereocenters. The van der Waals surface area contributed by atoms with Crippen LogP contribution in [0.15, 0.2) is 75.1 Å². The Morgan fingerprint density at radius 3 is 2.57 bits per heavy atom. The molecule has 0 unspecified atom stereocenters. The van der Waals surface area contributed by atoms with Gasteiger partial charge in [0, 0.05) is 14.9 Å². The molecule has 2 heterocycles. The van der Waals surface area contributed by atoms with Crippen molar-refractivity contribution in [2.75, 3.05) is 5.75 Å². The zero-order valence-electron chi connectivity index (χ0n) is 14.9. The number of rotatable bonds is 5. The van der Waals surface area contributed by atoms with Gasteiger partial charge in [-0.25, -0.2) is 4.98 Å². The Bertz CT molecular complexity index is 1220. The maximum atomic E-state index is 13.1. The number of thioether (sulfide) groups is 1. The minimum Gasteiger partial charge on any atom is -0.293 e. The highest BCUT2D eigenvalue weighted by Gasteiger charge is 2.17. The molecule has 7 heteroatoms. The van der Waals surface area contributed by atoms with Gasteiger partial charge in [-0.2, -0.15) is 0 Å². The highest BCUT2D eigenvalue weighted by atomic mass is 79.9. The van der Waals surface area contributed by atoms with Gasteiger partial charge >= 0.3 is 0 Å². The van der Waals surface area contributed by atoms with Crippen molar-refractivity contribution in [1.29, 1.82) is 0 Å². The maximum Gasteiger partial charge on any atom is 0.267 e. The molecule has 0 saturated carbocycles. The molecule has 2 aromatic carbocycles. The number of fused-ring (bicyclic) bond motifs is 1. The van der Waals surface area contributed by atoms with Gasteiger partial charge in [-0.3, -0.25) is 14.2 Å². The van der Waals surface area contributed by atoms with Gasteiger partial charge in [0.25, 0.3) is 5.56 Å². The second kappa shape index (κ2) is 8.03. The van der Waals surface area contributed by atoms with Crippen molar-refractivity contribution in [3.63, 3.8) is 0 Å². The van der Waals surface area contributed by atoms with Crippen molar-refractivity contribution in [2.24, 2.45) is 0 Å². The average molecular weight is 471 g/mol. The molecule has 0 N–H and O–H groups in total. The van der Waals surface area contributed by atoms with Gasteiger partial charge in [0.1, 0.15) is 4.83 Å². The Morgan fingerprint density at radius 1 is 1.14 bits per heavy atom. The molecule has 4 rings (SSSR count). The average Bonchev–Trinajstić information content (AvgIpc) is 3.08. The molecular formula is C21H15BrN2O2S2. The van der Waals surface area contributed by atoms with Crippen LogP contribution in [0.25, 0.3) is 15.9 Å². The first-order valence-corrected chi connectivity index (χ1v) is 11.1. The Kier molecular flexibility index (Phi) is 5.48. The number of halogens is 1. The fraction of sp³-hybridized carbons (Fsp3) is 0.0952. The molecule has 0 amide bonds. The minimum atomic E-state index is -0.112. The summed E-state index contributed by atoms with van der Waals surface area (Å²) in [6.45, 7) is 1.96. The van der Waals surface area contributed by atoms with Gasteiger partial charge in [-0.05, 0) is 37.3 Å². The lowest BCUT2D eigenvalue weighted by Gasteiger charge is -2.11. The van der Waals surface area contributed by atoms with Gasteiger partial charge in [-0.15, -0.1) is 11.3 Å². The largest absolute Gasteiger partial charge is 0.293 e. The summed E-state index contributed by atoms with van der Waals surface area (Å²) in [4.78, 5) is 32.2. The van der Waals surface area contributed by atoms with E-state index >= 15 is 0 Å². The molecule has 0 saturated heterocycles. The summed E-state index contributed by atoms with van der Waals surface area (Å²) in [5.74, 6) is 0.199. The molecule has 4 nitrogen and oxygen atoms in total. The summed E-state index contributed by atoms with van der Waals surface area (Å²) in [6.07, 6.45) is 0. The maximum absolute atomic E-state index is 13.1. The third-order valence-electron chi connectivity index (χ3n) is 4.17. The number of carbonyl (C=O) groups excluding carboxylic acids is 1. The van der Waals surface area contributed by atoms with Gasteiger partial charge in [0.2, 0.25) is 0 Å². The van der Waals surface area contributed by atoms with Crippen LogP contribution in [-0.4, -0.2) is 21.1 Å². The number of benzene rings is 2. The van der Waals surface area contributed by atoms with Crippen molar-refractivity contribution < 1.29 is 4.79 Å². The lowest BCUT2D eigenvalue weighted by molar-refractivity contribution is 0.102. The normalized spacial score (nSPS) is 11.1. The van der Waals surface area contributed by atoms with E-state index in [-0.39, 0.29) is 17.1 Å². The third kappa shape index (κ3) is 3.83. The van der Waals surface area contributed by atoms with Crippen LogP contribution >= 0.6 is 39.0 Å². The Labute approximate surface area is 178 Å². The van der Waals surface area contributed by atoms with Crippen molar-refractivity contribution in [3.05, 3.63) is 85.9 Å². The Morgan fingerprint density at radius 2 is 1.86 bits per heavy atom. The molecule has 140 valence electrons. The van der Waals surface area contributed by atoms with Gasteiger partial charge in [0.15, 0.2) is 10.9 Å². The molecule has 2 aromatic heterocycles. The quantitative estimate of drug-likeness (QED) is 0.219. The summed E-state index contributed by atoms with van der Waals surface area (Å²) in [7, 11) is 0. The first kappa shape index (κ1) is 19.1. The number of aryl methyl sites for hydroxylation is 1. The van der Waals surface area contributed by atoms with Gasteiger partial charge < -0.3 is 0 Å². The molecule has 0 bridgehead atoms. The molecule has 0 aliphatic carbocycles. The van der Waals surface area contributed by atoms with Crippen LogP contribution in [0.4, 0.5) is 0 Å². The molecule has 0 fully saturated rings. The zero-order chi connectivity index (χ0) is 19.7. The van der Waals surface area contributed by atoms with E-state index in [0.29, 0.717) is 20.9 Å². The number of para-hydroxylation sites is 1. The third-order valence-corrected chi connectivity index (χ3v) is 6.58. The number of hydrogen-bond acceptors (Lipinski definition) is 5. The number of carbonyl (C=O) groups is 1. The van der Waals surface area contributed by atoms with Crippen molar-refractivity contribution in [3.8, 4) is 5.69 Å². The van der Waals surface area contributed by atoms with E-state index in [1.807, 2.05) is 55.5 Å². The fourth-order valence-corrected chi connectivity index (χ4v) is 4.93. The first-order valence-electron chi connectivity index (χ1n) is 8.53. The highest BCUT2D eigenvalue weighted by Crippen LogP contribution is 2.26. The van der Waals surface area contributed by atoms with Crippen molar-refractivity contribution >= 4 is 55.0 Å². The lowest BCUT2D eigenvalue weighted by Crippen LogP contribution is -2.21. The molecule has 4 aromatic rings. The first-order chi connectivity index (χ1) is 13.5. The van der Waals surface area contributed by atoms with Crippen LogP contribution in [0.5, 0.6) is 0 Å². The summed E-state index contributed by atoms with van der Waals surface area (Å²) >= 11 is 6.15. The van der Waals surface area contributed by atoms with Crippen LogP contribution < -0.4 is 5.56 Å². The van der Waals surface area contributed by atoms with Crippen molar-refractivity contribution in [2.45, 2.75) is 12.1 Å². The minimum absolute atomic E-state index is 0.00572. The van der Waals surface area contributed by atoms with E-state index in [2.05, 4.69) is 15.9 Å². The van der Waals surface area contributed by atoms with Gasteiger partial charge in [-0.1, -0.05) is 58.0 Å². The van der Waals surface area contributed by atoms with E-state index in [1.54, 1.807) is 16.7 Å². The standard InChI is InChI=1S/C21H15BrN2O2S2/c1-13-11-17-19(28-13)23-21(24(20(17)26)16-5-3-2-4-6-16)27-12-18(25)14-7-9-15(22)10-8-14/h2-11H,12H2,1H3. The Hall–Kier alpha value is -2.22. The summed E-state index contributed by atoms with van der Waals surface area (Å²) in [6, 6.07) is 18.5. The van der Waals surface area contributed by atoms with Crippen LogP contribution in [-0.2, 0) is 0 Å². The van der Waals surface area contributed by atoms with Crippen LogP contribution in [0.1, 0.15) is 15.2 Å². The van der Waals surface area contributed by atoms with Crippen molar-refractivity contribution in [1.82, 2.24) is 9.55 Å². The molecule has 0 aliphatic heterocycles. The van der Waals surface area contributed by atoms with Crippen LogP contribution in [0, 0.1) is 6.92 Å². The number of thiophene rings is 1. The molecule has 0 aliphatic rings. The predicted molar refractivity (Wildman–Crippen MR) is 119 cm³/mol. The lowest BCUT2D eigenvalue weighted by atomic mass is 10.2. The molecule has 28 heavy (non-hydrogen) atoms. The van der Waals surface area contributed by atoms with E-state index in [9.17, 15) is 9.59 Å². The second-order valence-electron chi connectivity index (χ2n) is 6.17. The summed E-state index contributed by atoms with van der Waals surface area (Å²) in [5, 5.41) is 1.13. The van der Waals surface area contributed by atoms with E-state index in [4.69, 9.17) is 4.98 Å². The van der Waals surface area contributed by atoms with Crippen LogP contribution in [0.3, 0.4) is 0 Å². The summed E-state index contributed by atoms with van der Waals surface area (Å²) < 4.78 is 2.52. The predicted octanol–water partition coefficient (Wildman–Crippen LogP) is 5.49. The highest BCUT2D eigenvalue weighted by molar-refractivity contribution is 9.10. The van der Waals surface area contributed by atoms with E-state index in [0.717, 1.165) is 15.0 Å². The number of hydrogen-bond donors (Lipinski definition) is 0. The van der Waals surface area contributed by atoms with Crippen LogP contribution in [0.2, 0.25) is 0 Å².